The Kier molecular flexibility index (Phi) is 3.07. The molecule has 1 fully saturated rings. The Morgan fingerprint density at radius 1 is 1.71 bits per heavy atom. The summed E-state index contributed by atoms with van der Waals surface area (Å²) < 4.78 is 7.09. The van der Waals surface area contributed by atoms with Gasteiger partial charge in [-0.05, 0) is 31.4 Å². The average Bonchev–Trinajstić information content (AvgIpc) is 2.63. The summed E-state index contributed by atoms with van der Waals surface area (Å²) >= 11 is 2.40. The van der Waals surface area contributed by atoms with Gasteiger partial charge in [-0.1, -0.05) is 28.7 Å². The van der Waals surface area contributed by atoms with Crippen LogP contribution < -0.4 is 0 Å². The van der Waals surface area contributed by atoms with Gasteiger partial charge in [-0.2, -0.15) is 0 Å². The van der Waals surface area contributed by atoms with Crippen molar-refractivity contribution in [3.05, 3.63) is 30.1 Å². The first-order valence-corrected chi connectivity index (χ1v) is 6.40. The smallest absolute Gasteiger partial charge is 0.0848 e. The third kappa shape index (κ3) is 2.08. The highest BCUT2D eigenvalue weighted by molar-refractivity contribution is 14.1. The van der Waals surface area contributed by atoms with E-state index in [4.69, 9.17) is 4.74 Å². The van der Waals surface area contributed by atoms with Gasteiger partial charge in [-0.15, -0.1) is 0 Å². The summed E-state index contributed by atoms with van der Waals surface area (Å²) in [6.45, 7) is 2.19. The monoisotopic (exact) mass is 303 g/mol. The number of rotatable bonds is 2. The van der Waals surface area contributed by atoms with Crippen molar-refractivity contribution in [2.75, 3.05) is 4.43 Å². The standard InChI is InChI=1S/C11H14INO/c1-11(8-12)5-4-10(14-11)9-3-2-6-13-7-9/h2-3,6-7,10H,4-5,8H2,1H3. The highest BCUT2D eigenvalue weighted by Crippen LogP contribution is 2.39. The van der Waals surface area contributed by atoms with E-state index in [1.807, 2.05) is 12.3 Å². The van der Waals surface area contributed by atoms with Gasteiger partial charge in [-0.3, -0.25) is 4.98 Å². The fourth-order valence-corrected chi connectivity index (χ4v) is 2.36. The third-order valence-electron chi connectivity index (χ3n) is 2.70. The molecule has 0 saturated carbocycles. The molecule has 0 radical (unpaired) electrons. The molecule has 1 aliphatic heterocycles. The summed E-state index contributed by atoms with van der Waals surface area (Å²) in [6.07, 6.45) is 6.23. The maximum absolute atomic E-state index is 6.04. The molecule has 0 amide bonds. The number of alkyl halides is 1. The molecule has 0 N–H and O–H groups in total. The van der Waals surface area contributed by atoms with Crippen LogP contribution >= 0.6 is 22.6 Å². The minimum Gasteiger partial charge on any atom is -0.367 e. The minimum atomic E-state index is 0.0705. The zero-order valence-corrected chi connectivity index (χ0v) is 10.4. The lowest BCUT2D eigenvalue weighted by atomic mass is 10.0. The van der Waals surface area contributed by atoms with Crippen LogP contribution in [-0.4, -0.2) is 15.0 Å². The number of pyridine rings is 1. The lowest BCUT2D eigenvalue weighted by Gasteiger charge is -2.22. The molecule has 0 aliphatic carbocycles. The topological polar surface area (TPSA) is 22.1 Å². The Bertz CT molecular complexity index is 303. The molecule has 0 spiro atoms. The summed E-state index contributed by atoms with van der Waals surface area (Å²) in [5.41, 5.74) is 1.28. The number of nitrogens with zero attached hydrogens (tertiary/aromatic N) is 1. The van der Waals surface area contributed by atoms with Gasteiger partial charge >= 0.3 is 0 Å². The molecule has 2 rings (SSSR count). The average molecular weight is 303 g/mol. The van der Waals surface area contributed by atoms with Gasteiger partial charge in [0.25, 0.3) is 0 Å². The maximum Gasteiger partial charge on any atom is 0.0848 e. The van der Waals surface area contributed by atoms with Crippen LogP contribution in [0.25, 0.3) is 0 Å². The second-order valence-corrected chi connectivity index (χ2v) is 4.78. The first-order valence-electron chi connectivity index (χ1n) is 4.87. The fourth-order valence-electron chi connectivity index (χ4n) is 1.80. The molecule has 14 heavy (non-hydrogen) atoms. The van der Waals surface area contributed by atoms with Crippen molar-refractivity contribution in [2.24, 2.45) is 0 Å². The molecular weight excluding hydrogens is 289 g/mol. The first kappa shape index (κ1) is 10.4. The maximum atomic E-state index is 6.04. The van der Waals surface area contributed by atoms with Crippen molar-refractivity contribution in [1.29, 1.82) is 0 Å². The SMILES string of the molecule is CC1(CI)CCC(c2cccnc2)O1. The first-order chi connectivity index (χ1) is 6.73. The van der Waals surface area contributed by atoms with Crippen molar-refractivity contribution in [3.63, 3.8) is 0 Å². The second-order valence-electron chi connectivity index (χ2n) is 4.02. The molecule has 1 aliphatic rings. The Labute approximate surface area is 98.2 Å². The van der Waals surface area contributed by atoms with Gasteiger partial charge in [0.2, 0.25) is 0 Å². The number of hydrogen-bond acceptors (Lipinski definition) is 2. The molecule has 3 heteroatoms. The van der Waals surface area contributed by atoms with E-state index in [9.17, 15) is 0 Å². The van der Waals surface area contributed by atoms with Gasteiger partial charge in [0.1, 0.15) is 0 Å². The quantitative estimate of drug-likeness (QED) is 0.618. The van der Waals surface area contributed by atoms with Crippen LogP contribution in [-0.2, 0) is 4.74 Å². The van der Waals surface area contributed by atoms with E-state index in [0.29, 0.717) is 0 Å². The zero-order valence-electron chi connectivity index (χ0n) is 8.24. The van der Waals surface area contributed by atoms with Crippen LogP contribution in [0.3, 0.4) is 0 Å². The van der Waals surface area contributed by atoms with Gasteiger partial charge in [0.05, 0.1) is 11.7 Å². The van der Waals surface area contributed by atoms with E-state index < -0.39 is 0 Å². The molecule has 1 aromatic heterocycles. The summed E-state index contributed by atoms with van der Waals surface area (Å²) in [7, 11) is 0. The Balaban J connectivity index is 2.10. The van der Waals surface area contributed by atoms with Gasteiger partial charge in [0, 0.05) is 16.8 Å². The zero-order chi connectivity index (χ0) is 10.0. The summed E-state index contributed by atoms with van der Waals surface area (Å²) in [5, 5.41) is 0. The minimum absolute atomic E-state index is 0.0705. The Hall–Kier alpha value is -0.160. The second kappa shape index (κ2) is 4.14. The van der Waals surface area contributed by atoms with Crippen LogP contribution in [0, 0.1) is 0 Å². The normalized spacial score (nSPS) is 32.0. The number of ether oxygens (including phenoxy) is 1. The number of hydrogen-bond donors (Lipinski definition) is 0. The molecule has 2 atom stereocenters. The Morgan fingerprint density at radius 2 is 2.57 bits per heavy atom. The number of aromatic nitrogens is 1. The van der Waals surface area contributed by atoms with Crippen LogP contribution in [0.4, 0.5) is 0 Å². The van der Waals surface area contributed by atoms with E-state index in [0.717, 1.165) is 17.3 Å². The molecule has 2 unspecified atom stereocenters. The molecule has 1 saturated heterocycles. The van der Waals surface area contributed by atoms with Crippen molar-refractivity contribution in [2.45, 2.75) is 31.5 Å². The van der Waals surface area contributed by atoms with E-state index in [1.54, 1.807) is 6.20 Å². The van der Waals surface area contributed by atoms with Crippen LogP contribution in [0.2, 0.25) is 0 Å². The Morgan fingerprint density at radius 3 is 3.14 bits per heavy atom. The lowest BCUT2D eigenvalue weighted by Crippen LogP contribution is -2.24. The molecule has 2 heterocycles. The predicted octanol–water partition coefficient (Wildman–Crippen LogP) is 3.13. The van der Waals surface area contributed by atoms with E-state index in [1.165, 1.54) is 5.56 Å². The molecular formula is C11H14INO. The van der Waals surface area contributed by atoms with Gasteiger partial charge in [-0.25, -0.2) is 0 Å². The number of halogens is 1. The highest BCUT2D eigenvalue weighted by atomic mass is 127. The summed E-state index contributed by atoms with van der Waals surface area (Å²) in [6, 6.07) is 4.06. The summed E-state index contributed by atoms with van der Waals surface area (Å²) in [5.74, 6) is 0. The van der Waals surface area contributed by atoms with Crippen LogP contribution in [0.15, 0.2) is 24.5 Å². The third-order valence-corrected chi connectivity index (χ3v) is 4.31. The van der Waals surface area contributed by atoms with Crippen molar-refractivity contribution in [3.8, 4) is 0 Å². The van der Waals surface area contributed by atoms with E-state index >= 15 is 0 Å². The molecule has 1 aromatic rings. The highest BCUT2D eigenvalue weighted by Gasteiger charge is 2.35. The van der Waals surface area contributed by atoms with Crippen molar-refractivity contribution >= 4 is 22.6 Å². The van der Waals surface area contributed by atoms with Gasteiger partial charge < -0.3 is 4.74 Å². The molecule has 0 bridgehead atoms. The lowest BCUT2D eigenvalue weighted by molar-refractivity contribution is -0.0110. The van der Waals surface area contributed by atoms with E-state index in [-0.39, 0.29) is 11.7 Å². The van der Waals surface area contributed by atoms with Crippen molar-refractivity contribution in [1.82, 2.24) is 4.98 Å². The van der Waals surface area contributed by atoms with Crippen molar-refractivity contribution < 1.29 is 4.74 Å². The molecule has 2 nitrogen and oxygen atoms in total. The molecule has 76 valence electrons. The largest absolute Gasteiger partial charge is 0.367 e. The fraction of sp³-hybridized carbons (Fsp3) is 0.545. The van der Waals surface area contributed by atoms with Crippen LogP contribution in [0.5, 0.6) is 0 Å². The van der Waals surface area contributed by atoms with Crippen LogP contribution in [0.1, 0.15) is 31.4 Å². The van der Waals surface area contributed by atoms with E-state index in [2.05, 4.69) is 40.6 Å². The predicted molar refractivity (Wildman–Crippen MR) is 64.6 cm³/mol. The van der Waals surface area contributed by atoms with Gasteiger partial charge in [0.15, 0.2) is 0 Å². The summed E-state index contributed by atoms with van der Waals surface area (Å²) in [4.78, 5) is 4.12. The molecule has 0 aromatic carbocycles.